The summed E-state index contributed by atoms with van der Waals surface area (Å²) in [6.07, 6.45) is 1.05. The molecular formula is C16H8FNO3. The molecule has 3 rings (SSSR count). The third-order valence-corrected chi connectivity index (χ3v) is 2.92. The van der Waals surface area contributed by atoms with E-state index in [1.807, 2.05) is 6.07 Å². The average molecular weight is 281 g/mol. The molecule has 21 heavy (non-hydrogen) atoms. The summed E-state index contributed by atoms with van der Waals surface area (Å²) in [5.74, 6) is -0.290. The number of para-hydroxylation sites is 1. The Kier molecular flexibility index (Phi) is 3.13. The molecule has 0 fully saturated rings. The molecule has 0 saturated carbocycles. The second kappa shape index (κ2) is 5.10. The molecule has 1 aromatic heterocycles. The lowest BCUT2D eigenvalue weighted by molar-refractivity contribution is 0.441. The minimum absolute atomic E-state index is 0.00645. The highest BCUT2D eigenvalue weighted by atomic mass is 19.1. The first-order valence-electron chi connectivity index (χ1n) is 6.07. The van der Waals surface area contributed by atoms with E-state index in [1.54, 1.807) is 30.3 Å². The summed E-state index contributed by atoms with van der Waals surface area (Å²) in [4.78, 5) is 11.9. The molecule has 0 N–H and O–H groups in total. The largest absolute Gasteiger partial charge is 0.463 e. The third kappa shape index (κ3) is 2.35. The van der Waals surface area contributed by atoms with Gasteiger partial charge in [-0.1, -0.05) is 18.2 Å². The Morgan fingerprint density at radius 1 is 1.19 bits per heavy atom. The standard InChI is InChI=1S/C16H8FNO3/c17-13-6-12-14(20-9-10(8-18)16(12)19)7-15(13)21-11-4-2-1-3-5-11/h1-7,9H. The number of hydrogen-bond acceptors (Lipinski definition) is 4. The van der Waals surface area contributed by atoms with Gasteiger partial charge in [-0.05, 0) is 18.2 Å². The van der Waals surface area contributed by atoms with Gasteiger partial charge in [0.2, 0.25) is 5.43 Å². The summed E-state index contributed by atoms with van der Waals surface area (Å²) in [6, 6.07) is 12.7. The fourth-order valence-electron chi connectivity index (χ4n) is 1.90. The predicted molar refractivity (Wildman–Crippen MR) is 73.7 cm³/mol. The van der Waals surface area contributed by atoms with Crippen molar-refractivity contribution >= 4 is 11.0 Å². The molecule has 5 heteroatoms. The quantitative estimate of drug-likeness (QED) is 0.720. The lowest BCUT2D eigenvalue weighted by atomic mass is 10.1. The molecule has 0 radical (unpaired) electrons. The molecule has 0 spiro atoms. The van der Waals surface area contributed by atoms with E-state index in [0.717, 1.165) is 12.3 Å². The molecule has 0 atom stereocenters. The molecule has 0 saturated heterocycles. The zero-order valence-electron chi connectivity index (χ0n) is 10.7. The van der Waals surface area contributed by atoms with Gasteiger partial charge in [-0.2, -0.15) is 5.26 Å². The van der Waals surface area contributed by atoms with E-state index < -0.39 is 11.2 Å². The zero-order chi connectivity index (χ0) is 14.8. The van der Waals surface area contributed by atoms with Crippen LogP contribution in [-0.4, -0.2) is 0 Å². The lowest BCUT2D eigenvalue weighted by Crippen LogP contribution is -2.06. The number of hydrogen-bond donors (Lipinski definition) is 0. The minimum Gasteiger partial charge on any atom is -0.463 e. The molecule has 0 bridgehead atoms. The minimum atomic E-state index is -0.700. The van der Waals surface area contributed by atoms with E-state index in [4.69, 9.17) is 14.4 Å². The van der Waals surface area contributed by atoms with Crippen molar-refractivity contribution in [1.82, 2.24) is 0 Å². The maximum absolute atomic E-state index is 14.0. The van der Waals surface area contributed by atoms with Gasteiger partial charge < -0.3 is 9.15 Å². The van der Waals surface area contributed by atoms with Gasteiger partial charge in [0.05, 0.1) is 5.39 Å². The van der Waals surface area contributed by atoms with Crippen LogP contribution in [0.5, 0.6) is 11.5 Å². The van der Waals surface area contributed by atoms with Crippen molar-refractivity contribution in [1.29, 1.82) is 5.26 Å². The second-order valence-electron chi connectivity index (χ2n) is 4.28. The zero-order valence-corrected chi connectivity index (χ0v) is 10.7. The van der Waals surface area contributed by atoms with Gasteiger partial charge in [0.25, 0.3) is 0 Å². The van der Waals surface area contributed by atoms with Crippen molar-refractivity contribution < 1.29 is 13.5 Å². The van der Waals surface area contributed by atoms with Crippen LogP contribution in [0.15, 0.2) is 57.9 Å². The molecule has 4 nitrogen and oxygen atoms in total. The molecule has 0 aliphatic heterocycles. The van der Waals surface area contributed by atoms with E-state index >= 15 is 0 Å². The van der Waals surface area contributed by atoms with Crippen LogP contribution in [0.1, 0.15) is 5.56 Å². The van der Waals surface area contributed by atoms with E-state index in [2.05, 4.69) is 0 Å². The normalized spacial score (nSPS) is 10.3. The highest BCUT2D eigenvalue weighted by molar-refractivity contribution is 5.79. The number of rotatable bonds is 2. The highest BCUT2D eigenvalue weighted by Crippen LogP contribution is 2.28. The second-order valence-corrected chi connectivity index (χ2v) is 4.28. The van der Waals surface area contributed by atoms with Crippen LogP contribution in [-0.2, 0) is 0 Å². The first-order valence-corrected chi connectivity index (χ1v) is 6.07. The van der Waals surface area contributed by atoms with Gasteiger partial charge >= 0.3 is 0 Å². The van der Waals surface area contributed by atoms with Crippen LogP contribution in [0.25, 0.3) is 11.0 Å². The van der Waals surface area contributed by atoms with Crippen molar-refractivity contribution in [3.8, 4) is 17.6 Å². The topological polar surface area (TPSA) is 63.2 Å². The van der Waals surface area contributed by atoms with Crippen molar-refractivity contribution in [2.45, 2.75) is 0 Å². The van der Waals surface area contributed by atoms with Crippen molar-refractivity contribution in [3.63, 3.8) is 0 Å². The number of ether oxygens (including phenoxy) is 1. The maximum Gasteiger partial charge on any atom is 0.210 e. The fraction of sp³-hybridized carbons (Fsp3) is 0. The fourth-order valence-corrected chi connectivity index (χ4v) is 1.90. The van der Waals surface area contributed by atoms with Gasteiger partial charge in [-0.15, -0.1) is 0 Å². The molecule has 0 unspecified atom stereocenters. The molecule has 1 heterocycles. The monoisotopic (exact) mass is 281 g/mol. The van der Waals surface area contributed by atoms with E-state index in [1.165, 1.54) is 6.07 Å². The Morgan fingerprint density at radius 3 is 2.67 bits per heavy atom. The van der Waals surface area contributed by atoms with Crippen LogP contribution in [0.4, 0.5) is 4.39 Å². The van der Waals surface area contributed by atoms with Crippen LogP contribution in [0.2, 0.25) is 0 Å². The first kappa shape index (κ1) is 12.9. The van der Waals surface area contributed by atoms with Crippen LogP contribution >= 0.6 is 0 Å². The Balaban J connectivity index is 2.13. The Labute approximate surface area is 118 Å². The van der Waals surface area contributed by atoms with Crippen molar-refractivity contribution in [2.75, 3.05) is 0 Å². The Hall–Kier alpha value is -3.13. The average Bonchev–Trinajstić information content (AvgIpc) is 2.50. The third-order valence-electron chi connectivity index (χ3n) is 2.92. The van der Waals surface area contributed by atoms with E-state index in [0.29, 0.717) is 5.75 Å². The van der Waals surface area contributed by atoms with Crippen molar-refractivity contribution in [3.05, 3.63) is 70.3 Å². The summed E-state index contributed by atoms with van der Waals surface area (Å²) < 4.78 is 24.6. The Bertz CT molecular complexity index is 910. The van der Waals surface area contributed by atoms with Gasteiger partial charge in [-0.25, -0.2) is 4.39 Å². The highest BCUT2D eigenvalue weighted by Gasteiger charge is 2.13. The van der Waals surface area contributed by atoms with Crippen LogP contribution in [0, 0.1) is 17.1 Å². The summed E-state index contributed by atoms with van der Waals surface area (Å²) in [7, 11) is 0. The first-order chi connectivity index (χ1) is 10.2. The van der Waals surface area contributed by atoms with E-state index in [-0.39, 0.29) is 22.3 Å². The molecule has 0 aliphatic carbocycles. The lowest BCUT2D eigenvalue weighted by Gasteiger charge is -2.07. The van der Waals surface area contributed by atoms with Gasteiger partial charge in [0.15, 0.2) is 11.6 Å². The Morgan fingerprint density at radius 2 is 1.95 bits per heavy atom. The summed E-state index contributed by atoms with van der Waals surface area (Å²) in [5, 5.41) is 8.77. The molecule has 2 aromatic carbocycles. The van der Waals surface area contributed by atoms with Gasteiger partial charge in [0, 0.05) is 6.07 Å². The van der Waals surface area contributed by atoms with Crippen LogP contribution in [0.3, 0.4) is 0 Å². The molecule has 3 aromatic rings. The number of nitriles is 1. The maximum atomic E-state index is 14.0. The summed E-state index contributed by atoms with van der Waals surface area (Å²) >= 11 is 0. The number of fused-ring (bicyclic) bond motifs is 1. The SMILES string of the molecule is N#Cc1coc2cc(Oc3ccccc3)c(F)cc2c1=O. The molecule has 0 aliphatic rings. The number of nitrogens with zero attached hydrogens (tertiary/aromatic N) is 1. The smallest absolute Gasteiger partial charge is 0.210 e. The van der Waals surface area contributed by atoms with E-state index in [9.17, 15) is 9.18 Å². The molecular weight excluding hydrogens is 273 g/mol. The molecule has 102 valence electrons. The van der Waals surface area contributed by atoms with Gasteiger partial charge in [0.1, 0.15) is 29.2 Å². The summed E-state index contributed by atoms with van der Waals surface area (Å²) in [5.41, 5.74) is -0.575. The molecule has 0 amide bonds. The van der Waals surface area contributed by atoms with Crippen molar-refractivity contribution in [2.24, 2.45) is 0 Å². The van der Waals surface area contributed by atoms with Gasteiger partial charge in [-0.3, -0.25) is 4.79 Å². The van der Waals surface area contributed by atoms with Crippen LogP contribution < -0.4 is 10.2 Å². The summed E-state index contributed by atoms with van der Waals surface area (Å²) in [6.45, 7) is 0. The number of halogens is 1. The predicted octanol–water partition coefficient (Wildman–Crippen LogP) is 3.60. The number of benzene rings is 2.